The Morgan fingerprint density at radius 1 is 1.17 bits per heavy atom. The number of aryl methyl sites for hydroxylation is 1. The van der Waals surface area contributed by atoms with Crippen molar-refractivity contribution in [2.75, 3.05) is 24.5 Å². The van der Waals surface area contributed by atoms with Crippen molar-refractivity contribution in [3.63, 3.8) is 0 Å². The van der Waals surface area contributed by atoms with Crippen LogP contribution in [0.2, 0.25) is 5.02 Å². The zero-order chi connectivity index (χ0) is 17.3. The summed E-state index contributed by atoms with van der Waals surface area (Å²) >= 11 is 5.97. The molecule has 0 radical (unpaired) electrons. The highest BCUT2D eigenvalue weighted by atomic mass is 35.5. The maximum Gasteiger partial charge on any atom is 0.255 e. The van der Waals surface area contributed by atoms with Gasteiger partial charge in [-0.3, -0.25) is 9.78 Å². The van der Waals surface area contributed by atoms with E-state index in [1.54, 1.807) is 12.4 Å². The fraction of sp³-hybridized carbons (Fsp3) is 0.368. The van der Waals surface area contributed by atoms with Crippen molar-refractivity contribution in [2.24, 2.45) is 0 Å². The van der Waals surface area contributed by atoms with E-state index in [-0.39, 0.29) is 11.4 Å². The molecule has 0 atom stereocenters. The number of halogens is 1. The zero-order valence-corrected chi connectivity index (χ0v) is 15.0. The van der Waals surface area contributed by atoms with Crippen LogP contribution in [0.3, 0.4) is 0 Å². The third kappa shape index (κ3) is 3.39. The van der Waals surface area contributed by atoms with Gasteiger partial charge in [-0.1, -0.05) is 11.6 Å². The van der Waals surface area contributed by atoms with Gasteiger partial charge in [-0.05, 0) is 56.7 Å². The summed E-state index contributed by atoms with van der Waals surface area (Å²) in [6.45, 7) is 8.43. The molecule has 2 heterocycles. The Kier molecular flexibility index (Phi) is 4.50. The molecule has 0 bridgehead atoms. The molecule has 1 aromatic carbocycles. The summed E-state index contributed by atoms with van der Waals surface area (Å²) in [7, 11) is 0. The molecular formula is C19H22ClN3O. The highest BCUT2D eigenvalue weighted by Gasteiger charge is 2.37. The molecular weight excluding hydrogens is 322 g/mol. The molecule has 0 aliphatic carbocycles. The predicted molar refractivity (Wildman–Crippen MR) is 97.8 cm³/mol. The highest BCUT2D eigenvalue weighted by Crippen LogP contribution is 2.27. The van der Waals surface area contributed by atoms with Gasteiger partial charge in [0, 0.05) is 42.7 Å². The van der Waals surface area contributed by atoms with Gasteiger partial charge in [0.05, 0.1) is 11.1 Å². The lowest BCUT2D eigenvalue weighted by molar-refractivity contribution is 0.0514. The first kappa shape index (κ1) is 16.8. The second-order valence-corrected chi connectivity index (χ2v) is 7.35. The summed E-state index contributed by atoms with van der Waals surface area (Å²) in [6.07, 6.45) is 3.41. The van der Waals surface area contributed by atoms with Crippen LogP contribution in [-0.2, 0) is 0 Å². The van der Waals surface area contributed by atoms with E-state index in [2.05, 4.69) is 23.7 Å². The number of aromatic nitrogens is 1. The van der Waals surface area contributed by atoms with Crippen LogP contribution in [0.25, 0.3) is 0 Å². The van der Waals surface area contributed by atoms with Gasteiger partial charge in [-0.2, -0.15) is 0 Å². The van der Waals surface area contributed by atoms with Gasteiger partial charge in [0.1, 0.15) is 0 Å². The van der Waals surface area contributed by atoms with Crippen molar-refractivity contribution >= 4 is 23.2 Å². The summed E-state index contributed by atoms with van der Waals surface area (Å²) in [5, 5.41) is 0.735. The Balaban J connectivity index is 1.79. The molecule has 5 heteroatoms. The molecule has 0 unspecified atom stereocenters. The normalized spacial score (nSPS) is 17.0. The molecule has 1 fully saturated rings. The van der Waals surface area contributed by atoms with Crippen molar-refractivity contribution in [2.45, 2.75) is 26.3 Å². The SMILES string of the molecule is Cc1cncc(C(=O)N2CCN(c3ccc(Cl)cc3)CC2(C)C)c1. The summed E-state index contributed by atoms with van der Waals surface area (Å²) in [5.74, 6) is 0.0481. The molecule has 0 spiro atoms. The van der Waals surface area contributed by atoms with Crippen LogP contribution in [0.1, 0.15) is 29.8 Å². The Labute approximate surface area is 148 Å². The zero-order valence-electron chi connectivity index (χ0n) is 14.3. The number of hydrogen-bond acceptors (Lipinski definition) is 3. The smallest absolute Gasteiger partial charge is 0.255 e. The first-order valence-electron chi connectivity index (χ1n) is 8.11. The number of nitrogens with zero attached hydrogens (tertiary/aromatic N) is 3. The van der Waals surface area contributed by atoms with E-state index in [0.717, 1.165) is 29.4 Å². The lowest BCUT2D eigenvalue weighted by Gasteiger charge is -2.48. The monoisotopic (exact) mass is 343 g/mol. The van der Waals surface area contributed by atoms with E-state index in [1.165, 1.54) is 0 Å². The van der Waals surface area contributed by atoms with Gasteiger partial charge in [-0.25, -0.2) is 0 Å². The molecule has 1 aromatic heterocycles. The molecule has 4 nitrogen and oxygen atoms in total. The molecule has 2 aromatic rings. The van der Waals surface area contributed by atoms with Gasteiger partial charge in [-0.15, -0.1) is 0 Å². The predicted octanol–water partition coefficient (Wildman–Crippen LogP) is 3.78. The van der Waals surface area contributed by atoms with E-state index in [9.17, 15) is 4.79 Å². The van der Waals surface area contributed by atoms with E-state index >= 15 is 0 Å². The number of pyridine rings is 1. The number of benzene rings is 1. The third-order valence-electron chi connectivity index (χ3n) is 4.46. The summed E-state index contributed by atoms with van der Waals surface area (Å²) in [5.41, 5.74) is 2.52. The fourth-order valence-corrected chi connectivity index (χ4v) is 3.36. The lowest BCUT2D eigenvalue weighted by atomic mass is 9.97. The van der Waals surface area contributed by atoms with E-state index < -0.39 is 0 Å². The first-order valence-corrected chi connectivity index (χ1v) is 8.49. The average Bonchev–Trinajstić information content (AvgIpc) is 2.54. The molecule has 0 saturated carbocycles. The summed E-state index contributed by atoms with van der Waals surface area (Å²) < 4.78 is 0. The van der Waals surface area contributed by atoms with Gasteiger partial charge in [0.15, 0.2) is 0 Å². The van der Waals surface area contributed by atoms with Crippen molar-refractivity contribution in [3.8, 4) is 0 Å². The minimum absolute atomic E-state index is 0.0481. The average molecular weight is 344 g/mol. The second-order valence-electron chi connectivity index (χ2n) is 6.92. The van der Waals surface area contributed by atoms with Crippen LogP contribution in [0.5, 0.6) is 0 Å². The Bertz CT molecular complexity index is 743. The van der Waals surface area contributed by atoms with Crippen molar-refractivity contribution < 1.29 is 4.79 Å². The largest absolute Gasteiger partial charge is 0.367 e. The minimum Gasteiger partial charge on any atom is -0.367 e. The van der Waals surface area contributed by atoms with Gasteiger partial charge < -0.3 is 9.80 Å². The fourth-order valence-electron chi connectivity index (χ4n) is 3.23. The van der Waals surface area contributed by atoms with Crippen LogP contribution in [-0.4, -0.2) is 41.0 Å². The molecule has 3 rings (SSSR count). The maximum absolute atomic E-state index is 12.9. The topological polar surface area (TPSA) is 36.4 Å². The number of amides is 1. The molecule has 0 N–H and O–H groups in total. The van der Waals surface area contributed by atoms with Gasteiger partial charge in [0.25, 0.3) is 5.91 Å². The molecule has 24 heavy (non-hydrogen) atoms. The number of carbonyl (C=O) groups excluding carboxylic acids is 1. The molecule has 126 valence electrons. The van der Waals surface area contributed by atoms with E-state index in [0.29, 0.717) is 12.1 Å². The quantitative estimate of drug-likeness (QED) is 0.832. The number of piperazine rings is 1. The lowest BCUT2D eigenvalue weighted by Crippen LogP contribution is -2.61. The second kappa shape index (κ2) is 6.44. The first-order chi connectivity index (χ1) is 11.4. The van der Waals surface area contributed by atoms with Crippen molar-refractivity contribution in [1.29, 1.82) is 0 Å². The minimum atomic E-state index is -0.265. The number of rotatable bonds is 2. The van der Waals surface area contributed by atoms with Gasteiger partial charge in [0.2, 0.25) is 0 Å². The van der Waals surface area contributed by atoms with Crippen LogP contribution in [0.4, 0.5) is 5.69 Å². The summed E-state index contributed by atoms with van der Waals surface area (Å²) in [4.78, 5) is 21.3. The molecule has 1 amide bonds. The summed E-state index contributed by atoms with van der Waals surface area (Å²) in [6, 6.07) is 9.76. The maximum atomic E-state index is 12.9. The van der Waals surface area contributed by atoms with Crippen LogP contribution in [0, 0.1) is 6.92 Å². The molecule has 1 aliphatic heterocycles. The third-order valence-corrected chi connectivity index (χ3v) is 4.71. The van der Waals surface area contributed by atoms with E-state index in [1.807, 2.05) is 42.2 Å². The Morgan fingerprint density at radius 3 is 2.50 bits per heavy atom. The molecule has 1 aliphatic rings. The van der Waals surface area contributed by atoms with Gasteiger partial charge >= 0.3 is 0 Å². The Morgan fingerprint density at radius 2 is 1.88 bits per heavy atom. The van der Waals surface area contributed by atoms with E-state index in [4.69, 9.17) is 11.6 Å². The van der Waals surface area contributed by atoms with Crippen LogP contribution >= 0.6 is 11.6 Å². The van der Waals surface area contributed by atoms with Crippen LogP contribution < -0.4 is 4.90 Å². The van der Waals surface area contributed by atoms with Crippen LogP contribution in [0.15, 0.2) is 42.7 Å². The Hall–Kier alpha value is -2.07. The number of hydrogen-bond donors (Lipinski definition) is 0. The van der Waals surface area contributed by atoms with Crippen molar-refractivity contribution in [3.05, 3.63) is 58.9 Å². The number of anilines is 1. The molecule has 1 saturated heterocycles. The standard InChI is InChI=1S/C19H22ClN3O/c1-14-10-15(12-21-11-14)18(24)23-9-8-22(13-19(23,2)3)17-6-4-16(20)5-7-17/h4-7,10-12H,8-9,13H2,1-3H3. The van der Waals surface area contributed by atoms with Crippen molar-refractivity contribution in [1.82, 2.24) is 9.88 Å². The highest BCUT2D eigenvalue weighted by molar-refractivity contribution is 6.30. The number of carbonyl (C=O) groups is 1.